The van der Waals surface area contributed by atoms with E-state index in [4.69, 9.17) is 5.11 Å². The molecule has 3 unspecified atom stereocenters. The van der Waals surface area contributed by atoms with Crippen molar-refractivity contribution >= 4 is 23.6 Å². The van der Waals surface area contributed by atoms with E-state index in [9.17, 15) is 9.59 Å². The number of aliphatic carboxylic acids is 1. The molecule has 5 nitrogen and oxygen atoms in total. The highest BCUT2D eigenvalue weighted by atomic mass is 32.2. The van der Waals surface area contributed by atoms with E-state index in [1.165, 1.54) is 0 Å². The average Bonchev–Trinajstić information content (AvgIpc) is 2.74. The Balaban J connectivity index is 2.08. The highest BCUT2D eigenvalue weighted by Crippen LogP contribution is 2.24. The van der Waals surface area contributed by atoms with Crippen molar-refractivity contribution in [3.63, 3.8) is 0 Å². The molecule has 2 N–H and O–H groups in total. The Kier molecular flexibility index (Phi) is 3.93. The Morgan fingerprint density at radius 2 is 2.18 bits per heavy atom. The van der Waals surface area contributed by atoms with E-state index in [2.05, 4.69) is 5.32 Å². The van der Waals surface area contributed by atoms with Gasteiger partial charge in [-0.25, -0.2) is 4.79 Å². The Labute approximate surface area is 105 Å². The predicted molar refractivity (Wildman–Crippen MR) is 66.0 cm³/mol. The number of thioether (sulfide) groups is 1. The highest BCUT2D eigenvalue weighted by Gasteiger charge is 2.39. The third-order valence-electron chi connectivity index (χ3n) is 3.53. The topological polar surface area (TPSA) is 69.6 Å². The first-order valence-corrected chi connectivity index (χ1v) is 7.08. The number of amides is 1. The van der Waals surface area contributed by atoms with Crippen molar-refractivity contribution in [3.8, 4) is 0 Å². The summed E-state index contributed by atoms with van der Waals surface area (Å²) < 4.78 is 0. The highest BCUT2D eigenvalue weighted by molar-refractivity contribution is 7.99. The van der Waals surface area contributed by atoms with Gasteiger partial charge in [0.2, 0.25) is 5.91 Å². The van der Waals surface area contributed by atoms with Gasteiger partial charge in [0, 0.05) is 24.6 Å². The van der Waals surface area contributed by atoms with Gasteiger partial charge in [-0.2, -0.15) is 11.8 Å². The van der Waals surface area contributed by atoms with Crippen molar-refractivity contribution in [1.29, 1.82) is 0 Å². The number of rotatable bonds is 2. The van der Waals surface area contributed by atoms with Gasteiger partial charge in [0.1, 0.15) is 6.04 Å². The number of carbonyl (C=O) groups excluding carboxylic acids is 1. The Bertz CT molecular complexity index is 324. The van der Waals surface area contributed by atoms with Gasteiger partial charge < -0.3 is 15.3 Å². The molecular formula is C11H18N2O3S. The van der Waals surface area contributed by atoms with Gasteiger partial charge in [-0.1, -0.05) is 6.92 Å². The number of hydrogen-bond acceptors (Lipinski definition) is 4. The van der Waals surface area contributed by atoms with Crippen LogP contribution in [0.1, 0.15) is 6.92 Å². The van der Waals surface area contributed by atoms with Crippen LogP contribution in [0.15, 0.2) is 0 Å². The third kappa shape index (κ3) is 2.57. The zero-order valence-electron chi connectivity index (χ0n) is 9.89. The molecule has 2 heterocycles. The Morgan fingerprint density at radius 3 is 2.76 bits per heavy atom. The van der Waals surface area contributed by atoms with Gasteiger partial charge >= 0.3 is 5.97 Å². The van der Waals surface area contributed by atoms with Crippen molar-refractivity contribution in [1.82, 2.24) is 10.2 Å². The molecule has 0 aromatic rings. The van der Waals surface area contributed by atoms with Gasteiger partial charge in [0.15, 0.2) is 0 Å². The smallest absolute Gasteiger partial charge is 0.327 e. The number of nitrogens with one attached hydrogen (secondary N) is 1. The van der Waals surface area contributed by atoms with Crippen LogP contribution in [0.4, 0.5) is 0 Å². The molecule has 0 aliphatic carbocycles. The van der Waals surface area contributed by atoms with Crippen molar-refractivity contribution in [2.24, 2.45) is 11.8 Å². The minimum Gasteiger partial charge on any atom is -0.480 e. The minimum absolute atomic E-state index is 0.00944. The average molecular weight is 258 g/mol. The lowest BCUT2D eigenvalue weighted by Gasteiger charge is -2.35. The molecule has 0 radical (unpaired) electrons. The number of nitrogens with zero attached hydrogens (tertiary/aromatic N) is 1. The summed E-state index contributed by atoms with van der Waals surface area (Å²) in [6.07, 6.45) is 0. The zero-order chi connectivity index (χ0) is 12.4. The lowest BCUT2D eigenvalue weighted by Crippen LogP contribution is -2.53. The molecule has 6 heteroatoms. The van der Waals surface area contributed by atoms with E-state index in [0.29, 0.717) is 24.8 Å². The van der Waals surface area contributed by atoms with Crippen molar-refractivity contribution < 1.29 is 14.7 Å². The maximum Gasteiger partial charge on any atom is 0.327 e. The summed E-state index contributed by atoms with van der Waals surface area (Å²) >= 11 is 1.61. The third-order valence-corrected chi connectivity index (χ3v) is 4.55. The fraction of sp³-hybridized carbons (Fsp3) is 0.818. The molecular weight excluding hydrogens is 240 g/mol. The largest absolute Gasteiger partial charge is 0.480 e. The summed E-state index contributed by atoms with van der Waals surface area (Å²) in [7, 11) is 0. The SMILES string of the molecule is CC1CNCC1C(=O)N1CCSCC1C(=O)O. The summed E-state index contributed by atoms with van der Waals surface area (Å²) in [6.45, 7) is 4.12. The maximum absolute atomic E-state index is 12.3. The van der Waals surface area contributed by atoms with Crippen LogP contribution in [-0.2, 0) is 9.59 Å². The molecule has 2 aliphatic rings. The van der Waals surface area contributed by atoms with Crippen LogP contribution in [0.2, 0.25) is 0 Å². The van der Waals surface area contributed by atoms with E-state index in [1.54, 1.807) is 16.7 Å². The summed E-state index contributed by atoms with van der Waals surface area (Å²) in [5.74, 6) is 0.713. The summed E-state index contributed by atoms with van der Waals surface area (Å²) in [6, 6.07) is -0.644. The van der Waals surface area contributed by atoms with E-state index < -0.39 is 12.0 Å². The minimum atomic E-state index is -0.885. The Morgan fingerprint density at radius 1 is 1.41 bits per heavy atom. The normalized spacial score (nSPS) is 33.7. The molecule has 0 aromatic carbocycles. The molecule has 2 aliphatic heterocycles. The van der Waals surface area contributed by atoms with Crippen LogP contribution in [-0.4, -0.2) is 59.1 Å². The van der Waals surface area contributed by atoms with Gasteiger partial charge in [-0.05, 0) is 12.5 Å². The lowest BCUT2D eigenvalue weighted by molar-refractivity contribution is -0.151. The van der Waals surface area contributed by atoms with E-state index >= 15 is 0 Å². The number of carboxylic acid groups (broad SMARTS) is 1. The van der Waals surface area contributed by atoms with Crippen LogP contribution in [0, 0.1) is 11.8 Å². The standard InChI is InChI=1S/C11H18N2O3S/c1-7-4-12-5-8(7)10(14)13-2-3-17-6-9(13)11(15)16/h7-9,12H,2-6H2,1H3,(H,15,16). The fourth-order valence-corrected chi connectivity index (χ4v) is 3.46. The Hall–Kier alpha value is -0.750. The monoisotopic (exact) mass is 258 g/mol. The second-order valence-corrected chi connectivity index (χ2v) is 5.85. The van der Waals surface area contributed by atoms with Crippen LogP contribution in [0.3, 0.4) is 0 Å². The number of carbonyl (C=O) groups is 2. The maximum atomic E-state index is 12.3. The first kappa shape index (κ1) is 12.7. The van der Waals surface area contributed by atoms with Crippen LogP contribution >= 0.6 is 11.8 Å². The van der Waals surface area contributed by atoms with Gasteiger partial charge in [0.25, 0.3) is 0 Å². The van der Waals surface area contributed by atoms with Gasteiger partial charge in [0.05, 0.1) is 5.92 Å². The second kappa shape index (κ2) is 5.27. The van der Waals surface area contributed by atoms with Crippen LogP contribution in [0.5, 0.6) is 0 Å². The molecule has 2 fully saturated rings. The van der Waals surface area contributed by atoms with E-state index in [1.807, 2.05) is 6.92 Å². The zero-order valence-corrected chi connectivity index (χ0v) is 10.7. The summed E-state index contributed by atoms with van der Waals surface area (Å²) in [5, 5.41) is 12.3. The van der Waals surface area contributed by atoms with Crippen LogP contribution < -0.4 is 5.32 Å². The van der Waals surface area contributed by atoms with E-state index in [-0.39, 0.29) is 11.8 Å². The second-order valence-electron chi connectivity index (χ2n) is 4.70. The fourth-order valence-electron chi connectivity index (χ4n) is 2.43. The van der Waals surface area contributed by atoms with Gasteiger partial charge in [-0.3, -0.25) is 4.79 Å². The van der Waals surface area contributed by atoms with Crippen molar-refractivity contribution in [2.45, 2.75) is 13.0 Å². The van der Waals surface area contributed by atoms with Crippen LogP contribution in [0.25, 0.3) is 0 Å². The van der Waals surface area contributed by atoms with Crippen molar-refractivity contribution in [2.75, 3.05) is 31.1 Å². The molecule has 0 spiro atoms. The lowest BCUT2D eigenvalue weighted by atomic mass is 9.96. The molecule has 0 saturated carbocycles. The molecule has 1 amide bonds. The predicted octanol–water partition coefficient (Wildman–Crippen LogP) is -0.129. The number of hydrogen-bond donors (Lipinski definition) is 2. The van der Waals surface area contributed by atoms with Gasteiger partial charge in [-0.15, -0.1) is 0 Å². The van der Waals surface area contributed by atoms with Crippen molar-refractivity contribution in [3.05, 3.63) is 0 Å². The molecule has 0 bridgehead atoms. The quantitative estimate of drug-likeness (QED) is 0.722. The molecule has 2 rings (SSSR count). The molecule has 96 valence electrons. The molecule has 3 atom stereocenters. The molecule has 2 saturated heterocycles. The molecule has 0 aromatic heterocycles. The summed E-state index contributed by atoms with van der Waals surface area (Å²) in [5.41, 5.74) is 0. The van der Waals surface area contributed by atoms with E-state index in [0.717, 1.165) is 12.3 Å². The first-order valence-electron chi connectivity index (χ1n) is 5.93. The first-order chi connectivity index (χ1) is 8.11. The molecule has 17 heavy (non-hydrogen) atoms. The summed E-state index contributed by atoms with van der Waals surface area (Å²) in [4.78, 5) is 25.0. The number of carboxylic acids is 1.